The summed E-state index contributed by atoms with van der Waals surface area (Å²) < 4.78 is 24.4. The molecule has 0 radical (unpaired) electrons. The summed E-state index contributed by atoms with van der Waals surface area (Å²) in [6.07, 6.45) is -0.101. The van der Waals surface area contributed by atoms with Crippen molar-refractivity contribution in [1.29, 1.82) is 0 Å². The van der Waals surface area contributed by atoms with Crippen LogP contribution in [-0.2, 0) is 25.5 Å². The molecule has 128 valence electrons. The third-order valence-electron chi connectivity index (χ3n) is 2.76. The lowest BCUT2D eigenvalue weighted by Gasteiger charge is -2.26. The van der Waals surface area contributed by atoms with Gasteiger partial charge in [-0.3, -0.25) is 9.59 Å². The van der Waals surface area contributed by atoms with Gasteiger partial charge in [-0.05, 0) is 59.6 Å². The number of ether oxygens (including phenoxy) is 2. The van der Waals surface area contributed by atoms with Crippen molar-refractivity contribution in [3.8, 4) is 0 Å². The minimum absolute atomic E-state index is 0.101. The van der Waals surface area contributed by atoms with Gasteiger partial charge in [0, 0.05) is 0 Å². The van der Waals surface area contributed by atoms with Crippen molar-refractivity contribution in [3.63, 3.8) is 0 Å². The molecule has 23 heavy (non-hydrogen) atoms. The lowest BCUT2D eigenvalue weighted by molar-refractivity contribution is -0.174. The first-order valence-electron chi connectivity index (χ1n) is 7.58. The van der Waals surface area contributed by atoms with Crippen LogP contribution in [0.25, 0.3) is 0 Å². The maximum absolute atomic E-state index is 13.8. The van der Waals surface area contributed by atoms with Crippen molar-refractivity contribution in [2.75, 3.05) is 0 Å². The van der Waals surface area contributed by atoms with Crippen molar-refractivity contribution in [2.45, 2.75) is 59.2 Å². The summed E-state index contributed by atoms with van der Waals surface area (Å²) in [5, 5.41) is 0. The van der Waals surface area contributed by atoms with Crippen LogP contribution in [0.1, 0.15) is 47.1 Å². The number of benzene rings is 1. The fraction of sp³-hybridized carbons (Fsp3) is 0.556. The molecule has 0 amide bonds. The van der Waals surface area contributed by atoms with Gasteiger partial charge in [0.25, 0.3) is 0 Å². The van der Waals surface area contributed by atoms with Gasteiger partial charge in [-0.15, -0.1) is 0 Å². The first-order chi connectivity index (χ1) is 10.4. The molecular formula is C18H25FO4. The van der Waals surface area contributed by atoms with E-state index in [4.69, 9.17) is 9.47 Å². The predicted octanol–water partition coefficient (Wildman–Crippen LogP) is 3.67. The summed E-state index contributed by atoms with van der Waals surface area (Å²) in [5.74, 6) is -3.10. The van der Waals surface area contributed by atoms with Crippen LogP contribution in [0.15, 0.2) is 24.3 Å². The maximum Gasteiger partial charge on any atom is 0.321 e. The molecule has 4 nitrogen and oxygen atoms in total. The highest BCUT2D eigenvalue weighted by Gasteiger charge is 2.35. The van der Waals surface area contributed by atoms with E-state index in [0.29, 0.717) is 0 Å². The quantitative estimate of drug-likeness (QED) is 0.626. The van der Waals surface area contributed by atoms with E-state index in [0.717, 1.165) is 0 Å². The maximum atomic E-state index is 13.8. The van der Waals surface area contributed by atoms with Gasteiger partial charge in [0.2, 0.25) is 0 Å². The van der Waals surface area contributed by atoms with E-state index in [-0.39, 0.29) is 12.0 Å². The molecule has 0 unspecified atom stereocenters. The average molecular weight is 324 g/mol. The van der Waals surface area contributed by atoms with E-state index in [9.17, 15) is 14.0 Å². The Morgan fingerprint density at radius 2 is 1.39 bits per heavy atom. The second-order valence-corrected chi connectivity index (χ2v) is 7.42. The lowest BCUT2D eigenvalue weighted by Crippen LogP contribution is -2.38. The normalized spacial score (nSPS) is 12.2. The Morgan fingerprint density at radius 1 is 0.957 bits per heavy atom. The van der Waals surface area contributed by atoms with Gasteiger partial charge >= 0.3 is 11.9 Å². The summed E-state index contributed by atoms with van der Waals surface area (Å²) in [6, 6.07) is 6.03. The van der Waals surface area contributed by atoms with Crippen LogP contribution in [-0.4, -0.2) is 23.1 Å². The van der Waals surface area contributed by atoms with Crippen LogP contribution >= 0.6 is 0 Å². The second kappa shape index (κ2) is 7.11. The Balaban J connectivity index is 3.03. The lowest BCUT2D eigenvalue weighted by atomic mass is 9.98. The number of esters is 2. The van der Waals surface area contributed by atoms with Crippen molar-refractivity contribution in [3.05, 3.63) is 35.6 Å². The standard InChI is InChI=1S/C18H25FO4/c1-17(2,3)22-15(20)13(16(21)23-18(4,5)6)11-12-9-7-8-10-14(12)19/h7-10,13H,11H2,1-6H3. The number of rotatable bonds is 4. The average Bonchev–Trinajstić information content (AvgIpc) is 2.33. The van der Waals surface area contributed by atoms with Gasteiger partial charge in [0.05, 0.1) is 0 Å². The molecule has 0 N–H and O–H groups in total. The molecule has 0 bridgehead atoms. The molecule has 0 aliphatic carbocycles. The van der Waals surface area contributed by atoms with E-state index >= 15 is 0 Å². The Kier molecular flexibility index (Phi) is 5.92. The molecule has 1 aromatic carbocycles. The Hall–Kier alpha value is -1.91. The zero-order chi connectivity index (χ0) is 17.8. The molecule has 5 heteroatoms. The molecule has 0 aliphatic rings. The highest BCUT2D eigenvalue weighted by atomic mass is 19.1. The summed E-state index contributed by atoms with van der Waals surface area (Å²) in [7, 11) is 0. The van der Waals surface area contributed by atoms with Crippen molar-refractivity contribution in [1.82, 2.24) is 0 Å². The molecule has 0 saturated heterocycles. The number of carbonyl (C=O) groups is 2. The monoisotopic (exact) mass is 324 g/mol. The molecule has 0 heterocycles. The Labute approximate surface area is 137 Å². The molecule has 0 aromatic heterocycles. The van der Waals surface area contributed by atoms with Crippen LogP contribution < -0.4 is 0 Å². The summed E-state index contributed by atoms with van der Waals surface area (Å²) >= 11 is 0. The van der Waals surface area contributed by atoms with Crippen LogP contribution in [0.4, 0.5) is 4.39 Å². The third kappa shape index (κ3) is 6.80. The van der Waals surface area contributed by atoms with Gasteiger partial charge in [-0.1, -0.05) is 18.2 Å². The van der Waals surface area contributed by atoms with E-state index in [2.05, 4.69) is 0 Å². The van der Waals surface area contributed by atoms with Crippen LogP contribution in [0.3, 0.4) is 0 Å². The van der Waals surface area contributed by atoms with E-state index in [1.165, 1.54) is 12.1 Å². The van der Waals surface area contributed by atoms with Crippen LogP contribution in [0.2, 0.25) is 0 Å². The first kappa shape index (κ1) is 19.1. The fourth-order valence-corrected chi connectivity index (χ4v) is 1.89. The summed E-state index contributed by atoms with van der Waals surface area (Å²) in [4.78, 5) is 24.7. The van der Waals surface area contributed by atoms with Crippen LogP contribution in [0.5, 0.6) is 0 Å². The summed E-state index contributed by atoms with van der Waals surface area (Å²) in [5.41, 5.74) is -1.21. The van der Waals surface area contributed by atoms with Crippen molar-refractivity contribution < 1.29 is 23.5 Å². The zero-order valence-electron chi connectivity index (χ0n) is 14.6. The predicted molar refractivity (Wildman–Crippen MR) is 85.3 cm³/mol. The van der Waals surface area contributed by atoms with Gasteiger partial charge < -0.3 is 9.47 Å². The molecule has 0 atom stereocenters. The molecule has 0 saturated carbocycles. The number of hydrogen-bond donors (Lipinski definition) is 0. The van der Waals surface area contributed by atoms with Crippen molar-refractivity contribution >= 4 is 11.9 Å². The first-order valence-corrected chi connectivity index (χ1v) is 7.58. The van der Waals surface area contributed by atoms with E-state index in [1.807, 2.05) is 0 Å². The SMILES string of the molecule is CC(C)(C)OC(=O)C(Cc1ccccc1F)C(=O)OC(C)(C)C. The molecular weight excluding hydrogens is 299 g/mol. The Morgan fingerprint density at radius 3 is 1.78 bits per heavy atom. The molecule has 0 fully saturated rings. The largest absolute Gasteiger partial charge is 0.459 e. The highest BCUT2D eigenvalue weighted by molar-refractivity contribution is 5.95. The Bertz CT molecular complexity index is 539. The fourth-order valence-electron chi connectivity index (χ4n) is 1.89. The van der Waals surface area contributed by atoms with Gasteiger partial charge in [-0.25, -0.2) is 4.39 Å². The highest BCUT2D eigenvalue weighted by Crippen LogP contribution is 2.21. The van der Waals surface area contributed by atoms with Crippen molar-refractivity contribution in [2.24, 2.45) is 5.92 Å². The second-order valence-electron chi connectivity index (χ2n) is 7.42. The third-order valence-corrected chi connectivity index (χ3v) is 2.76. The number of hydrogen-bond acceptors (Lipinski definition) is 4. The molecule has 1 aromatic rings. The van der Waals surface area contributed by atoms with Gasteiger partial charge in [0.15, 0.2) is 5.92 Å². The molecule has 1 rings (SSSR count). The van der Waals surface area contributed by atoms with Crippen LogP contribution in [0, 0.1) is 11.7 Å². The molecule has 0 spiro atoms. The number of carbonyl (C=O) groups excluding carboxylic acids is 2. The number of halogens is 1. The minimum atomic E-state index is -1.20. The zero-order valence-corrected chi connectivity index (χ0v) is 14.6. The topological polar surface area (TPSA) is 52.6 Å². The minimum Gasteiger partial charge on any atom is -0.459 e. The van der Waals surface area contributed by atoms with E-state index in [1.54, 1.807) is 53.7 Å². The van der Waals surface area contributed by atoms with Gasteiger partial charge in [0.1, 0.15) is 17.0 Å². The van der Waals surface area contributed by atoms with Gasteiger partial charge in [-0.2, -0.15) is 0 Å². The molecule has 0 aliphatic heterocycles. The van der Waals surface area contributed by atoms with E-state index < -0.39 is 34.9 Å². The summed E-state index contributed by atoms with van der Waals surface area (Å²) in [6.45, 7) is 10.3. The smallest absolute Gasteiger partial charge is 0.321 e.